The highest BCUT2D eigenvalue weighted by Gasteiger charge is 2.14. The predicted molar refractivity (Wildman–Crippen MR) is 59.1 cm³/mol. The molecule has 0 atom stereocenters. The molecule has 0 amide bonds. The van der Waals surface area contributed by atoms with Crippen LogP contribution in [-0.2, 0) is 9.53 Å². The molecular formula is C12H14O4. The summed E-state index contributed by atoms with van der Waals surface area (Å²) < 4.78 is 9.93. The second kappa shape index (κ2) is 4.79. The molecule has 16 heavy (non-hydrogen) atoms. The first kappa shape index (κ1) is 12.2. The normalized spacial score (nSPS) is 11.4. The minimum absolute atomic E-state index is 0.0336. The Labute approximate surface area is 93.9 Å². The summed E-state index contributed by atoms with van der Waals surface area (Å²) in [4.78, 5) is 22.3. The van der Waals surface area contributed by atoms with Gasteiger partial charge in [-0.15, -0.1) is 0 Å². The molecule has 1 heterocycles. The highest BCUT2D eigenvalue weighted by molar-refractivity contribution is 5.97. The van der Waals surface area contributed by atoms with Gasteiger partial charge >= 0.3 is 5.97 Å². The van der Waals surface area contributed by atoms with E-state index >= 15 is 0 Å². The average Bonchev–Trinajstić information content (AvgIpc) is 2.58. The van der Waals surface area contributed by atoms with E-state index in [2.05, 4.69) is 4.74 Å². The van der Waals surface area contributed by atoms with Crippen LogP contribution in [0.3, 0.4) is 0 Å². The van der Waals surface area contributed by atoms with Gasteiger partial charge in [-0.3, -0.25) is 4.79 Å². The summed E-state index contributed by atoms with van der Waals surface area (Å²) in [6, 6.07) is 1.56. The van der Waals surface area contributed by atoms with Gasteiger partial charge in [0.1, 0.15) is 17.1 Å². The number of furan rings is 1. The summed E-state index contributed by atoms with van der Waals surface area (Å²) in [6.45, 7) is 4.84. The summed E-state index contributed by atoms with van der Waals surface area (Å²) in [5, 5.41) is 0. The van der Waals surface area contributed by atoms with Crippen molar-refractivity contribution in [2.24, 2.45) is 0 Å². The molecule has 0 N–H and O–H groups in total. The Bertz CT molecular complexity index is 452. The van der Waals surface area contributed by atoms with Gasteiger partial charge in [-0.1, -0.05) is 0 Å². The molecule has 0 aromatic carbocycles. The number of ketones is 1. The van der Waals surface area contributed by atoms with Crippen LogP contribution in [0.2, 0.25) is 0 Å². The first-order chi connectivity index (χ1) is 7.45. The molecular weight excluding hydrogens is 208 g/mol. The van der Waals surface area contributed by atoms with E-state index in [0.29, 0.717) is 22.7 Å². The Morgan fingerprint density at radius 1 is 1.38 bits per heavy atom. The fourth-order valence-electron chi connectivity index (χ4n) is 1.20. The standard InChI is InChI=1S/C12H14O4/c1-7(8(2)13)5-10-6-11(9(3)16-10)12(14)15-4/h5-6H,1-4H3/b7-5-. The topological polar surface area (TPSA) is 56.5 Å². The number of hydrogen-bond acceptors (Lipinski definition) is 4. The van der Waals surface area contributed by atoms with E-state index in [9.17, 15) is 9.59 Å². The molecule has 0 aliphatic heterocycles. The lowest BCUT2D eigenvalue weighted by molar-refractivity contribution is -0.113. The van der Waals surface area contributed by atoms with Crippen LogP contribution in [-0.4, -0.2) is 18.9 Å². The number of Topliss-reactive ketones (excluding diaryl/α,β-unsaturated/α-hetero) is 1. The highest BCUT2D eigenvalue weighted by Crippen LogP contribution is 2.18. The van der Waals surface area contributed by atoms with Crippen LogP contribution >= 0.6 is 0 Å². The van der Waals surface area contributed by atoms with Crippen molar-refractivity contribution in [3.8, 4) is 0 Å². The number of rotatable bonds is 3. The van der Waals surface area contributed by atoms with Crippen molar-refractivity contribution in [3.05, 3.63) is 28.7 Å². The molecule has 86 valence electrons. The fraction of sp³-hybridized carbons (Fsp3) is 0.333. The first-order valence-electron chi connectivity index (χ1n) is 4.83. The summed E-state index contributed by atoms with van der Waals surface area (Å²) in [5.41, 5.74) is 0.954. The quantitative estimate of drug-likeness (QED) is 0.582. The van der Waals surface area contributed by atoms with Gasteiger partial charge in [-0.05, 0) is 38.5 Å². The average molecular weight is 222 g/mol. The SMILES string of the molecule is COC(=O)c1cc(/C=C(/C)C(C)=O)oc1C. The second-order valence-corrected chi connectivity index (χ2v) is 3.49. The van der Waals surface area contributed by atoms with Crippen molar-refractivity contribution in [2.45, 2.75) is 20.8 Å². The second-order valence-electron chi connectivity index (χ2n) is 3.49. The van der Waals surface area contributed by atoms with E-state index < -0.39 is 5.97 Å². The Morgan fingerprint density at radius 2 is 2.00 bits per heavy atom. The lowest BCUT2D eigenvalue weighted by atomic mass is 10.2. The lowest BCUT2D eigenvalue weighted by Gasteiger charge is -1.93. The van der Waals surface area contributed by atoms with Crippen LogP contribution in [0, 0.1) is 6.92 Å². The smallest absolute Gasteiger partial charge is 0.341 e. The Morgan fingerprint density at radius 3 is 2.50 bits per heavy atom. The van der Waals surface area contributed by atoms with E-state index in [1.54, 1.807) is 26.0 Å². The molecule has 4 heteroatoms. The third-order valence-corrected chi connectivity index (χ3v) is 2.26. The Hall–Kier alpha value is -1.84. The number of aryl methyl sites for hydroxylation is 1. The van der Waals surface area contributed by atoms with E-state index in [-0.39, 0.29) is 5.78 Å². The van der Waals surface area contributed by atoms with Gasteiger partial charge < -0.3 is 9.15 Å². The number of allylic oxidation sites excluding steroid dienone is 1. The van der Waals surface area contributed by atoms with Gasteiger partial charge in [-0.25, -0.2) is 4.79 Å². The van der Waals surface area contributed by atoms with E-state index in [0.717, 1.165) is 0 Å². The van der Waals surface area contributed by atoms with E-state index in [1.807, 2.05) is 0 Å². The van der Waals surface area contributed by atoms with Crippen molar-refractivity contribution < 1.29 is 18.7 Å². The summed E-state index contributed by atoms with van der Waals surface area (Å²) >= 11 is 0. The maximum Gasteiger partial charge on any atom is 0.341 e. The number of esters is 1. The van der Waals surface area contributed by atoms with Crippen LogP contribution in [0.5, 0.6) is 0 Å². The summed E-state index contributed by atoms with van der Waals surface area (Å²) in [6.07, 6.45) is 1.60. The van der Waals surface area contributed by atoms with E-state index in [4.69, 9.17) is 4.42 Å². The number of hydrogen-bond donors (Lipinski definition) is 0. The molecule has 0 aliphatic carbocycles. The maximum atomic E-state index is 11.3. The van der Waals surface area contributed by atoms with Crippen molar-refractivity contribution in [2.75, 3.05) is 7.11 Å². The van der Waals surface area contributed by atoms with Crippen molar-refractivity contribution in [1.82, 2.24) is 0 Å². The molecule has 0 spiro atoms. The molecule has 0 fully saturated rings. The van der Waals surface area contributed by atoms with Gasteiger partial charge in [0.25, 0.3) is 0 Å². The van der Waals surface area contributed by atoms with Gasteiger partial charge in [-0.2, -0.15) is 0 Å². The van der Waals surface area contributed by atoms with Gasteiger partial charge in [0.2, 0.25) is 0 Å². The molecule has 1 aromatic rings. The molecule has 1 rings (SSSR count). The predicted octanol–water partition coefficient (Wildman–Crippen LogP) is 2.37. The van der Waals surface area contributed by atoms with Crippen molar-refractivity contribution in [3.63, 3.8) is 0 Å². The minimum atomic E-state index is -0.443. The highest BCUT2D eigenvalue weighted by atomic mass is 16.5. The van der Waals surface area contributed by atoms with Crippen LogP contribution in [0.25, 0.3) is 6.08 Å². The molecule has 0 saturated carbocycles. The van der Waals surface area contributed by atoms with Gasteiger partial charge in [0, 0.05) is 0 Å². The minimum Gasteiger partial charge on any atom is -0.465 e. The number of ether oxygens (including phenoxy) is 1. The number of carbonyl (C=O) groups excluding carboxylic acids is 2. The number of methoxy groups -OCH3 is 1. The van der Waals surface area contributed by atoms with Gasteiger partial charge in [0.05, 0.1) is 7.11 Å². The van der Waals surface area contributed by atoms with Crippen LogP contribution in [0.4, 0.5) is 0 Å². The third kappa shape index (κ3) is 2.59. The molecule has 0 saturated heterocycles. The monoisotopic (exact) mass is 222 g/mol. The zero-order chi connectivity index (χ0) is 12.3. The van der Waals surface area contributed by atoms with Crippen molar-refractivity contribution >= 4 is 17.8 Å². The molecule has 0 aliphatic rings. The number of carbonyl (C=O) groups is 2. The van der Waals surface area contributed by atoms with Crippen LogP contribution in [0.15, 0.2) is 16.1 Å². The first-order valence-corrected chi connectivity index (χ1v) is 4.83. The third-order valence-electron chi connectivity index (χ3n) is 2.26. The molecule has 0 unspecified atom stereocenters. The van der Waals surface area contributed by atoms with Crippen molar-refractivity contribution in [1.29, 1.82) is 0 Å². The van der Waals surface area contributed by atoms with Gasteiger partial charge in [0.15, 0.2) is 5.78 Å². The largest absolute Gasteiger partial charge is 0.465 e. The summed E-state index contributed by atoms with van der Waals surface area (Å²) in [7, 11) is 1.31. The van der Waals surface area contributed by atoms with Crippen LogP contribution in [0.1, 0.15) is 35.7 Å². The molecule has 4 nitrogen and oxygen atoms in total. The molecule has 1 aromatic heterocycles. The summed E-state index contributed by atoms with van der Waals surface area (Å²) in [5.74, 6) is 0.482. The maximum absolute atomic E-state index is 11.3. The zero-order valence-electron chi connectivity index (χ0n) is 9.79. The molecule has 0 radical (unpaired) electrons. The van der Waals surface area contributed by atoms with E-state index in [1.165, 1.54) is 14.0 Å². The van der Waals surface area contributed by atoms with Crippen LogP contribution < -0.4 is 0 Å². The molecule has 0 bridgehead atoms. The fourth-order valence-corrected chi connectivity index (χ4v) is 1.20. The Balaban J connectivity index is 3.06. The Kier molecular flexibility index (Phi) is 3.66. The lowest BCUT2D eigenvalue weighted by Crippen LogP contribution is -2.00. The zero-order valence-corrected chi connectivity index (χ0v) is 9.79.